The minimum Gasteiger partial charge on any atom is -0.465 e. The summed E-state index contributed by atoms with van der Waals surface area (Å²) in [6, 6.07) is 5.68. The van der Waals surface area contributed by atoms with E-state index in [0.717, 1.165) is 36.9 Å². The van der Waals surface area contributed by atoms with Gasteiger partial charge in [-0.1, -0.05) is 36.9 Å². The van der Waals surface area contributed by atoms with E-state index in [0.29, 0.717) is 17.5 Å². The molecule has 1 heterocycles. The van der Waals surface area contributed by atoms with E-state index in [2.05, 4.69) is 20.8 Å². The Bertz CT molecular complexity index is 771. The molecular weight excluding hydrogens is 354 g/mol. The Morgan fingerprint density at radius 3 is 2.85 bits per heavy atom. The average molecular weight is 378 g/mol. The molecule has 3 rings (SSSR count). The van der Waals surface area contributed by atoms with Crippen LogP contribution in [0.15, 0.2) is 18.2 Å². The highest BCUT2D eigenvalue weighted by Gasteiger charge is 2.39. The number of rotatable bonds is 6. The van der Waals surface area contributed by atoms with Crippen molar-refractivity contribution in [3.63, 3.8) is 0 Å². The molecule has 1 aromatic heterocycles. The number of benzene rings is 1. The van der Waals surface area contributed by atoms with E-state index in [4.69, 9.17) is 16.3 Å². The van der Waals surface area contributed by atoms with Crippen LogP contribution in [0.4, 0.5) is 0 Å². The molecule has 1 aromatic carbocycles. The van der Waals surface area contributed by atoms with Crippen molar-refractivity contribution in [1.82, 2.24) is 25.5 Å². The average Bonchev–Trinajstić information content (AvgIpc) is 3.14. The molecule has 1 N–H and O–H groups in total. The van der Waals surface area contributed by atoms with Crippen molar-refractivity contribution < 1.29 is 9.53 Å². The molecule has 1 saturated carbocycles. The van der Waals surface area contributed by atoms with Gasteiger partial charge in [-0.25, -0.2) is 0 Å². The van der Waals surface area contributed by atoms with Gasteiger partial charge in [-0.3, -0.25) is 10.1 Å². The van der Waals surface area contributed by atoms with Crippen LogP contribution in [0.2, 0.25) is 5.02 Å². The fraction of sp³-hybridized carbons (Fsp3) is 0.556. The zero-order chi connectivity index (χ0) is 18.6. The van der Waals surface area contributed by atoms with Crippen molar-refractivity contribution in [1.29, 1.82) is 0 Å². The number of esters is 1. The highest BCUT2D eigenvalue weighted by molar-refractivity contribution is 6.31. The topological polar surface area (TPSA) is 81.9 Å². The second kappa shape index (κ2) is 8.14. The summed E-state index contributed by atoms with van der Waals surface area (Å²) in [6.45, 7) is 4.25. The molecule has 0 radical (unpaired) electrons. The van der Waals surface area contributed by atoms with Gasteiger partial charge in [0.05, 0.1) is 24.4 Å². The van der Waals surface area contributed by atoms with Crippen molar-refractivity contribution in [2.75, 3.05) is 13.2 Å². The fourth-order valence-corrected chi connectivity index (χ4v) is 3.73. The molecule has 0 aliphatic heterocycles. The Kier molecular flexibility index (Phi) is 5.88. The van der Waals surface area contributed by atoms with Gasteiger partial charge in [0.2, 0.25) is 0 Å². The number of hydrogen-bond acceptors (Lipinski definition) is 6. The summed E-state index contributed by atoms with van der Waals surface area (Å²) in [7, 11) is 0. The Morgan fingerprint density at radius 1 is 1.35 bits per heavy atom. The smallest absolute Gasteiger partial charge is 0.319 e. The number of halogens is 1. The zero-order valence-corrected chi connectivity index (χ0v) is 15.9. The molecule has 0 saturated heterocycles. The standard InChI is InChI=1S/C18H24ClN5O2/c1-3-26-16(25)12-20-18(10-5-4-6-11-18)17-21-22-23-24(17)15-9-7-8-14(19)13(15)2/h7-9,20H,3-6,10-12H2,1-2H3. The number of nitrogens with zero attached hydrogens (tertiary/aromatic N) is 4. The summed E-state index contributed by atoms with van der Waals surface area (Å²) in [4.78, 5) is 11.9. The number of carbonyl (C=O) groups is 1. The molecule has 0 atom stereocenters. The molecule has 0 unspecified atom stereocenters. The van der Waals surface area contributed by atoms with Crippen LogP contribution in [0.5, 0.6) is 0 Å². The molecule has 0 amide bonds. The first-order valence-electron chi connectivity index (χ1n) is 9.02. The van der Waals surface area contributed by atoms with E-state index in [9.17, 15) is 4.79 Å². The molecule has 7 nitrogen and oxygen atoms in total. The highest BCUT2D eigenvalue weighted by atomic mass is 35.5. The van der Waals surface area contributed by atoms with Gasteiger partial charge in [-0.15, -0.1) is 5.10 Å². The third-order valence-electron chi connectivity index (χ3n) is 4.95. The highest BCUT2D eigenvalue weighted by Crippen LogP contribution is 2.37. The van der Waals surface area contributed by atoms with Crippen LogP contribution in [0.3, 0.4) is 0 Å². The molecule has 1 aliphatic rings. The van der Waals surface area contributed by atoms with Gasteiger partial charge < -0.3 is 4.74 Å². The van der Waals surface area contributed by atoms with Crippen LogP contribution in [0.25, 0.3) is 5.69 Å². The maximum atomic E-state index is 11.9. The molecule has 0 bridgehead atoms. The first kappa shape index (κ1) is 18.8. The first-order valence-corrected chi connectivity index (χ1v) is 9.40. The van der Waals surface area contributed by atoms with Gasteiger partial charge in [0, 0.05) is 5.02 Å². The van der Waals surface area contributed by atoms with Crippen molar-refractivity contribution in [2.24, 2.45) is 0 Å². The molecule has 1 aliphatic carbocycles. The number of ether oxygens (including phenoxy) is 1. The minimum absolute atomic E-state index is 0.134. The number of carbonyl (C=O) groups excluding carboxylic acids is 1. The summed E-state index contributed by atoms with van der Waals surface area (Å²) < 4.78 is 6.81. The Hall–Kier alpha value is -1.99. The lowest BCUT2D eigenvalue weighted by Gasteiger charge is -2.36. The second-order valence-corrected chi connectivity index (χ2v) is 7.01. The number of tetrazole rings is 1. The Morgan fingerprint density at radius 2 is 2.12 bits per heavy atom. The Balaban J connectivity index is 1.97. The molecule has 1 fully saturated rings. The molecule has 0 spiro atoms. The maximum Gasteiger partial charge on any atom is 0.319 e. The normalized spacial score (nSPS) is 16.4. The maximum absolute atomic E-state index is 11.9. The third kappa shape index (κ3) is 3.73. The third-order valence-corrected chi connectivity index (χ3v) is 5.36. The van der Waals surface area contributed by atoms with Crippen molar-refractivity contribution in [2.45, 2.75) is 51.5 Å². The molecule has 26 heavy (non-hydrogen) atoms. The molecule has 2 aromatic rings. The van der Waals surface area contributed by atoms with Gasteiger partial charge in [0.15, 0.2) is 5.82 Å². The zero-order valence-electron chi connectivity index (χ0n) is 15.2. The lowest BCUT2D eigenvalue weighted by Crippen LogP contribution is -2.48. The van der Waals surface area contributed by atoms with E-state index < -0.39 is 5.54 Å². The number of aromatic nitrogens is 4. The van der Waals surface area contributed by atoms with Gasteiger partial charge in [0.25, 0.3) is 0 Å². The van der Waals surface area contributed by atoms with Crippen molar-refractivity contribution in [3.05, 3.63) is 34.6 Å². The van der Waals surface area contributed by atoms with Gasteiger partial charge in [-0.2, -0.15) is 4.68 Å². The van der Waals surface area contributed by atoms with Crippen LogP contribution in [-0.4, -0.2) is 39.3 Å². The summed E-state index contributed by atoms with van der Waals surface area (Å²) in [5.74, 6) is 0.447. The van der Waals surface area contributed by atoms with E-state index in [-0.39, 0.29) is 12.5 Å². The van der Waals surface area contributed by atoms with Gasteiger partial charge >= 0.3 is 5.97 Å². The van der Waals surface area contributed by atoms with Gasteiger partial charge in [0.1, 0.15) is 0 Å². The molecule has 8 heteroatoms. The minimum atomic E-state index is -0.455. The second-order valence-electron chi connectivity index (χ2n) is 6.60. The quantitative estimate of drug-likeness (QED) is 0.779. The summed E-state index contributed by atoms with van der Waals surface area (Å²) in [5, 5.41) is 16.5. The van der Waals surface area contributed by atoms with Crippen LogP contribution in [0, 0.1) is 6.92 Å². The molecular formula is C18H24ClN5O2. The fourth-order valence-electron chi connectivity index (χ4n) is 3.56. The van der Waals surface area contributed by atoms with Gasteiger partial charge in [-0.05, 0) is 54.8 Å². The van der Waals surface area contributed by atoms with Crippen LogP contribution < -0.4 is 5.32 Å². The summed E-state index contributed by atoms with van der Waals surface area (Å²) in [5.41, 5.74) is 1.31. The van der Waals surface area contributed by atoms with E-state index in [1.165, 1.54) is 6.42 Å². The largest absolute Gasteiger partial charge is 0.465 e. The predicted octanol–water partition coefficient (Wildman–Crippen LogP) is 2.94. The van der Waals surface area contributed by atoms with Crippen molar-refractivity contribution >= 4 is 17.6 Å². The monoisotopic (exact) mass is 377 g/mol. The van der Waals surface area contributed by atoms with Crippen LogP contribution in [-0.2, 0) is 15.1 Å². The van der Waals surface area contributed by atoms with Crippen molar-refractivity contribution in [3.8, 4) is 5.69 Å². The summed E-state index contributed by atoms with van der Waals surface area (Å²) in [6.07, 6.45) is 5.01. The number of nitrogens with one attached hydrogen (secondary N) is 1. The van der Waals surface area contributed by atoms with Crippen LogP contribution >= 0.6 is 11.6 Å². The molecule has 140 valence electrons. The first-order chi connectivity index (χ1) is 12.6. The number of hydrogen-bond donors (Lipinski definition) is 1. The predicted molar refractivity (Wildman–Crippen MR) is 98.3 cm³/mol. The van der Waals surface area contributed by atoms with Crippen LogP contribution in [0.1, 0.15) is 50.4 Å². The van der Waals surface area contributed by atoms with E-state index >= 15 is 0 Å². The lowest BCUT2D eigenvalue weighted by atomic mass is 9.80. The Labute approximate surface area is 158 Å². The lowest BCUT2D eigenvalue weighted by molar-refractivity contribution is -0.142. The van der Waals surface area contributed by atoms with E-state index in [1.54, 1.807) is 11.6 Å². The SMILES string of the molecule is CCOC(=O)CNC1(c2nnnn2-c2cccc(Cl)c2C)CCCCC1. The summed E-state index contributed by atoms with van der Waals surface area (Å²) >= 11 is 6.28. The van der Waals surface area contributed by atoms with E-state index in [1.807, 2.05) is 25.1 Å².